The van der Waals surface area contributed by atoms with Crippen molar-refractivity contribution in [2.45, 2.75) is 33.4 Å². The van der Waals surface area contributed by atoms with E-state index in [0.717, 1.165) is 35.0 Å². The first-order chi connectivity index (χ1) is 12.1. The minimum absolute atomic E-state index is 0.198. The summed E-state index contributed by atoms with van der Waals surface area (Å²) in [6, 6.07) is 5.61. The number of hydrogen-bond acceptors (Lipinski definition) is 5. The van der Waals surface area contributed by atoms with E-state index in [1.165, 1.54) is 0 Å². The number of benzene rings is 1. The summed E-state index contributed by atoms with van der Waals surface area (Å²) in [5.74, 6) is 2.99. The molecule has 3 aromatic rings. The van der Waals surface area contributed by atoms with E-state index in [9.17, 15) is 4.79 Å². The molecule has 0 aliphatic carbocycles. The number of aryl methyl sites for hydroxylation is 1. The van der Waals surface area contributed by atoms with Gasteiger partial charge in [0, 0.05) is 17.8 Å². The van der Waals surface area contributed by atoms with E-state index < -0.39 is 0 Å². The van der Waals surface area contributed by atoms with Crippen LogP contribution >= 0.6 is 0 Å². The maximum atomic E-state index is 11.0. The van der Waals surface area contributed by atoms with Gasteiger partial charge in [-0.05, 0) is 32.9 Å². The van der Waals surface area contributed by atoms with E-state index in [2.05, 4.69) is 28.5 Å². The number of aldehydes is 1. The predicted molar refractivity (Wildman–Crippen MR) is 92.7 cm³/mol. The molecule has 25 heavy (non-hydrogen) atoms. The summed E-state index contributed by atoms with van der Waals surface area (Å²) < 4.78 is 9.75. The van der Waals surface area contributed by atoms with Crippen LogP contribution < -0.4 is 4.74 Å². The quantitative estimate of drug-likeness (QED) is 0.687. The second-order valence-corrected chi connectivity index (χ2v) is 6.39. The number of hydrogen-bond donors (Lipinski definition) is 0. The summed E-state index contributed by atoms with van der Waals surface area (Å²) in [5, 5.41) is 4.47. The van der Waals surface area contributed by atoms with Crippen molar-refractivity contribution in [3.8, 4) is 28.7 Å². The van der Waals surface area contributed by atoms with Crippen LogP contribution in [0.1, 0.15) is 36.1 Å². The Morgan fingerprint density at radius 1 is 1.24 bits per heavy atom. The second kappa shape index (κ2) is 5.84. The zero-order valence-electron chi connectivity index (χ0n) is 14.4. The number of ether oxygens (including phenoxy) is 1. The van der Waals surface area contributed by atoms with Crippen molar-refractivity contribution in [1.29, 1.82) is 0 Å². The predicted octanol–water partition coefficient (Wildman–Crippen LogP) is 2.90. The molecule has 0 radical (unpaired) electrons. The average Bonchev–Trinajstić information content (AvgIpc) is 3.14. The summed E-state index contributed by atoms with van der Waals surface area (Å²) in [7, 11) is 0. The van der Waals surface area contributed by atoms with Crippen molar-refractivity contribution >= 4 is 6.29 Å². The molecule has 0 atom stereocenters. The average molecular weight is 337 g/mol. The van der Waals surface area contributed by atoms with E-state index in [0.29, 0.717) is 24.5 Å². The highest BCUT2D eigenvalue weighted by Crippen LogP contribution is 2.34. The first kappa shape index (κ1) is 15.6. The van der Waals surface area contributed by atoms with Crippen molar-refractivity contribution in [2.24, 2.45) is 0 Å². The van der Waals surface area contributed by atoms with E-state index in [-0.39, 0.29) is 6.04 Å². The van der Waals surface area contributed by atoms with Gasteiger partial charge >= 0.3 is 0 Å². The highest BCUT2D eigenvalue weighted by Gasteiger charge is 2.22. The van der Waals surface area contributed by atoms with Gasteiger partial charge in [-0.1, -0.05) is 6.07 Å². The summed E-state index contributed by atoms with van der Waals surface area (Å²) in [6.45, 7) is 7.23. The van der Waals surface area contributed by atoms with Crippen LogP contribution in [0, 0.1) is 6.92 Å². The molecule has 0 N–H and O–H groups in total. The van der Waals surface area contributed by atoms with Gasteiger partial charge in [-0.15, -0.1) is 0 Å². The number of carbonyl (C=O) groups excluding carboxylic acids is 1. The van der Waals surface area contributed by atoms with Crippen LogP contribution in [0.4, 0.5) is 0 Å². The fraction of sp³-hybridized carbons (Fsp3) is 0.333. The van der Waals surface area contributed by atoms with Crippen LogP contribution in [0.3, 0.4) is 0 Å². The van der Waals surface area contributed by atoms with Gasteiger partial charge in [-0.3, -0.25) is 4.79 Å². The summed E-state index contributed by atoms with van der Waals surface area (Å²) in [5.41, 5.74) is 2.26. The van der Waals surface area contributed by atoms with Crippen molar-refractivity contribution in [3.63, 3.8) is 0 Å². The topological polar surface area (TPSA) is 74.8 Å². The Balaban J connectivity index is 1.86. The largest absolute Gasteiger partial charge is 0.491 e. The third-order valence-corrected chi connectivity index (χ3v) is 4.20. The smallest absolute Gasteiger partial charge is 0.178 e. The SMILES string of the molecule is Cc1nc(-c2cn3c(n2)-c2ccc(C=O)cc2OCC3)n(C(C)C)n1. The van der Waals surface area contributed by atoms with Crippen molar-refractivity contribution < 1.29 is 9.53 Å². The van der Waals surface area contributed by atoms with Gasteiger partial charge in [-0.25, -0.2) is 14.6 Å². The minimum atomic E-state index is 0.198. The van der Waals surface area contributed by atoms with Crippen molar-refractivity contribution in [3.05, 3.63) is 35.8 Å². The molecular weight excluding hydrogens is 318 g/mol. The number of carbonyl (C=O) groups is 1. The van der Waals surface area contributed by atoms with Crippen LogP contribution in [0.5, 0.6) is 5.75 Å². The highest BCUT2D eigenvalue weighted by atomic mass is 16.5. The van der Waals surface area contributed by atoms with E-state index in [1.807, 2.05) is 23.9 Å². The number of rotatable bonds is 3. The van der Waals surface area contributed by atoms with Crippen LogP contribution in [-0.2, 0) is 6.54 Å². The van der Waals surface area contributed by atoms with Gasteiger partial charge in [0.15, 0.2) is 5.82 Å². The number of fused-ring (bicyclic) bond motifs is 3. The molecule has 0 saturated carbocycles. The Kier molecular flexibility index (Phi) is 3.63. The molecule has 1 aliphatic rings. The second-order valence-electron chi connectivity index (χ2n) is 6.39. The fourth-order valence-corrected chi connectivity index (χ4v) is 3.04. The normalized spacial score (nSPS) is 13.1. The Bertz CT molecular complexity index is 955. The lowest BCUT2D eigenvalue weighted by Crippen LogP contribution is -2.06. The van der Waals surface area contributed by atoms with Gasteiger partial charge < -0.3 is 9.30 Å². The Morgan fingerprint density at radius 3 is 2.84 bits per heavy atom. The third-order valence-electron chi connectivity index (χ3n) is 4.20. The molecule has 0 bridgehead atoms. The fourth-order valence-electron chi connectivity index (χ4n) is 3.04. The first-order valence-corrected chi connectivity index (χ1v) is 8.30. The molecule has 2 aromatic heterocycles. The molecule has 0 saturated heterocycles. The summed E-state index contributed by atoms with van der Waals surface area (Å²) in [4.78, 5) is 20.4. The molecule has 0 unspecified atom stereocenters. The number of imidazole rings is 1. The zero-order chi connectivity index (χ0) is 17.6. The van der Waals surface area contributed by atoms with Gasteiger partial charge in [-0.2, -0.15) is 5.10 Å². The first-order valence-electron chi connectivity index (χ1n) is 8.30. The molecule has 4 rings (SSSR count). The van der Waals surface area contributed by atoms with Gasteiger partial charge in [0.25, 0.3) is 0 Å². The molecule has 1 aliphatic heterocycles. The van der Waals surface area contributed by atoms with Crippen molar-refractivity contribution in [1.82, 2.24) is 24.3 Å². The van der Waals surface area contributed by atoms with Crippen LogP contribution in [0.15, 0.2) is 24.4 Å². The Morgan fingerprint density at radius 2 is 2.08 bits per heavy atom. The lowest BCUT2D eigenvalue weighted by molar-refractivity contribution is 0.112. The van der Waals surface area contributed by atoms with E-state index in [4.69, 9.17) is 9.72 Å². The zero-order valence-corrected chi connectivity index (χ0v) is 14.4. The molecule has 0 amide bonds. The van der Waals surface area contributed by atoms with Gasteiger partial charge in [0.05, 0.1) is 12.1 Å². The molecule has 0 fully saturated rings. The van der Waals surface area contributed by atoms with Crippen LogP contribution in [0.2, 0.25) is 0 Å². The monoisotopic (exact) mass is 337 g/mol. The third kappa shape index (κ3) is 2.61. The molecule has 128 valence electrons. The molecule has 7 heteroatoms. The highest BCUT2D eigenvalue weighted by molar-refractivity contribution is 5.79. The lowest BCUT2D eigenvalue weighted by Gasteiger charge is -2.08. The Hall–Kier alpha value is -2.96. The molecule has 1 aromatic carbocycles. The van der Waals surface area contributed by atoms with Gasteiger partial charge in [0.2, 0.25) is 0 Å². The summed E-state index contributed by atoms with van der Waals surface area (Å²) >= 11 is 0. The summed E-state index contributed by atoms with van der Waals surface area (Å²) in [6.07, 6.45) is 2.81. The van der Waals surface area contributed by atoms with Crippen molar-refractivity contribution in [2.75, 3.05) is 6.61 Å². The maximum Gasteiger partial charge on any atom is 0.178 e. The standard InChI is InChI=1S/C18H19N5O2/c1-11(2)23-18(19-12(3)21-23)15-9-22-6-7-25-16-8-13(10-24)4-5-14(16)17(22)20-15/h4-5,8-11H,6-7H2,1-3H3. The van der Waals surface area contributed by atoms with Gasteiger partial charge in [0.1, 0.15) is 36.0 Å². The molecule has 3 heterocycles. The number of nitrogens with zero attached hydrogens (tertiary/aromatic N) is 5. The lowest BCUT2D eigenvalue weighted by atomic mass is 10.1. The number of aromatic nitrogens is 5. The maximum absolute atomic E-state index is 11.0. The minimum Gasteiger partial charge on any atom is -0.491 e. The van der Waals surface area contributed by atoms with E-state index >= 15 is 0 Å². The Labute approximate surface area is 145 Å². The van der Waals surface area contributed by atoms with Crippen LogP contribution in [0.25, 0.3) is 22.9 Å². The van der Waals surface area contributed by atoms with E-state index in [1.54, 1.807) is 12.1 Å². The molecular formula is C18H19N5O2. The molecule has 0 spiro atoms. The molecule has 7 nitrogen and oxygen atoms in total. The van der Waals surface area contributed by atoms with Crippen LogP contribution in [-0.4, -0.2) is 37.2 Å².